The molecule has 0 saturated heterocycles. The number of nitrogens with zero attached hydrogens (tertiary/aromatic N) is 1. The topological polar surface area (TPSA) is 87.7 Å². The number of cyclic esters (lactones) is 1. The van der Waals surface area contributed by atoms with Crippen LogP contribution in [0.5, 0.6) is 0 Å². The Morgan fingerprint density at radius 2 is 1.97 bits per heavy atom. The maximum absolute atomic E-state index is 12.8. The summed E-state index contributed by atoms with van der Waals surface area (Å²) in [6.07, 6.45) is 0.855. The molecular formula is C23H23N3O4. The second-order valence-electron chi connectivity index (χ2n) is 7.42. The van der Waals surface area contributed by atoms with Gasteiger partial charge in [-0.15, -0.1) is 0 Å². The van der Waals surface area contributed by atoms with E-state index in [-0.39, 0.29) is 19.1 Å². The van der Waals surface area contributed by atoms with Crippen molar-refractivity contribution < 1.29 is 19.1 Å². The van der Waals surface area contributed by atoms with Crippen LogP contribution in [0.15, 0.2) is 59.8 Å². The van der Waals surface area contributed by atoms with E-state index in [2.05, 4.69) is 10.6 Å². The van der Waals surface area contributed by atoms with Crippen LogP contribution >= 0.6 is 0 Å². The summed E-state index contributed by atoms with van der Waals surface area (Å²) in [6.45, 7) is 3.77. The van der Waals surface area contributed by atoms with Crippen LogP contribution in [0.2, 0.25) is 0 Å². The Hall–Kier alpha value is -3.61. The van der Waals surface area contributed by atoms with Crippen molar-refractivity contribution in [2.75, 3.05) is 18.5 Å². The number of amides is 3. The number of benzene rings is 2. The minimum Gasteiger partial charge on any atom is -0.456 e. The maximum Gasteiger partial charge on any atom is 0.338 e. The van der Waals surface area contributed by atoms with Crippen LogP contribution in [-0.2, 0) is 20.7 Å². The number of hydrogen-bond acceptors (Lipinski definition) is 4. The molecular weight excluding hydrogens is 382 g/mol. The SMILES string of the molecule is CCc1cccc(NC(=O)CN2C(=O)N[C@H](c3ccc(C)cc3)C3=C2COC3=O)c1. The number of aryl methyl sites for hydroxylation is 2. The highest BCUT2D eigenvalue weighted by atomic mass is 16.5. The van der Waals surface area contributed by atoms with Gasteiger partial charge in [0, 0.05) is 5.69 Å². The lowest BCUT2D eigenvalue weighted by Gasteiger charge is -2.32. The summed E-state index contributed by atoms with van der Waals surface area (Å²) in [5.74, 6) is -0.824. The largest absolute Gasteiger partial charge is 0.456 e. The van der Waals surface area contributed by atoms with Gasteiger partial charge < -0.3 is 15.4 Å². The third-order valence-corrected chi connectivity index (χ3v) is 5.33. The van der Waals surface area contributed by atoms with Crippen LogP contribution in [0.25, 0.3) is 0 Å². The van der Waals surface area contributed by atoms with E-state index in [1.54, 1.807) is 6.07 Å². The number of nitrogens with one attached hydrogen (secondary N) is 2. The lowest BCUT2D eigenvalue weighted by atomic mass is 9.95. The second-order valence-corrected chi connectivity index (χ2v) is 7.42. The predicted octanol–water partition coefficient (Wildman–Crippen LogP) is 3.07. The van der Waals surface area contributed by atoms with Gasteiger partial charge in [-0.1, -0.05) is 48.9 Å². The average Bonchev–Trinajstić information content (AvgIpc) is 3.12. The summed E-state index contributed by atoms with van der Waals surface area (Å²) in [4.78, 5) is 39.1. The smallest absolute Gasteiger partial charge is 0.338 e. The molecule has 0 spiro atoms. The molecule has 7 heteroatoms. The summed E-state index contributed by atoms with van der Waals surface area (Å²) < 4.78 is 5.21. The van der Waals surface area contributed by atoms with E-state index in [0.717, 1.165) is 23.1 Å². The molecule has 0 aromatic heterocycles. The predicted molar refractivity (Wildman–Crippen MR) is 112 cm³/mol. The van der Waals surface area contributed by atoms with Crippen molar-refractivity contribution in [1.82, 2.24) is 10.2 Å². The first-order valence-corrected chi connectivity index (χ1v) is 9.90. The fourth-order valence-corrected chi connectivity index (χ4v) is 3.70. The highest BCUT2D eigenvalue weighted by Gasteiger charge is 2.42. The average molecular weight is 405 g/mol. The van der Waals surface area contributed by atoms with Crippen molar-refractivity contribution in [2.45, 2.75) is 26.3 Å². The number of carbonyl (C=O) groups is 3. The molecule has 0 bridgehead atoms. The lowest BCUT2D eigenvalue weighted by Crippen LogP contribution is -2.49. The summed E-state index contributed by atoms with van der Waals surface area (Å²) in [5, 5.41) is 5.66. The Morgan fingerprint density at radius 3 is 2.70 bits per heavy atom. The fourth-order valence-electron chi connectivity index (χ4n) is 3.70. The van der Waals surface area contributed by atoms with Gasteiger partial charge in [0.1, 0.15) is 13.2 Å². The Balaban J connectivity index is 1.57. The Bertz CT molecular complexity index is 1040. The number of anilines is 1. The summed E-state index contributed by atoms with van der Waals surface area (Å²) in [5.41, 5.74) is 4.45. The van der Waals surface area contributed by atoms with Crippen molar-refractivity contribution >= 4 is 23.6 Å². The van der Waals surface area contributed by atoms with Gasteiger partial charge in [0.25, 0.3) is 0 Å². The molecule has 2 aromatic carbocycles. The molecule has 0 radical (unpaired) electrons. The standard InChI is InChI=1S/C23H23N3O4/c1-3-15-5-4-6-17(11-15)24-19(27)12-26-18-13-30-22(28)20(18)21(25-23(26)29)16-9-7-14(2)8-10-16/h4-11,21H,3,12-13H2,1-2H3,(H,24,27)(H,25,29)/t21-/m1/s1. The van der Waals surface area contributed by atoms with Crippen LogP contribution in [0.4, 0.5) is 10.5 Å². The molecule has 2 N–H and O–H groups in total. The van der Waals surface area contributed by atoms with Gasteiger partial charge in [-0.05, 0) is 36.6 Å². The lowest BCUT2D eigenvalue weighted by molar-refractivity contribution is -0.136. The molecule has 2 aliphatic heterocycles. The van der Waals surface area contributed by atoms with Crippen molar-refractivity contribution in [1.29, 1.82) is 0 Å². The molecule has 30 heavy (non-hydrogen) atoms. The van der Waals surface area contributed by atoms with Gasteiger partial charge >= 0.3 is 12.0 Å². The Labute approximate surface area is 174 Å². The number of esters is 1. The van der Waals surface area contributed by atoms with E-state index in [9.17, 15) is 14.4 Å². The molecule has 3 amide bonds. The number of urea groups is 1. The number of carbonyl (C=O) groups excluding carboxylic acids is 3. The molecule has 0 saturated carbocycles. The van der Waals surface area contributed by atoms with Crippen LogP contribution in [0, 0.1) is 6.92 Å². The van der Waals surface area contributed by atoms with Gasteiger partial charge in [0.15, 0.2) is 0 Å². The van der Waals surface area contributed by atoms with Gasteiger partial charge in [-0.2, -0.15) is 0 Å². The van der Waals surface area contributed by atoms with Crippen LogP contribution < -0.4 is 10.6 Å². The normalized spacial score (nSPS) is 18.1. The number of hydrogen-bond donors (Lipinski definition) is 2. The second kappa shape index (κ2) is 8.02. The molecule has 0 unspecified atom stereocenters. The highest BCUT2D eigenvalue weighted by molar-refractivity contribution is 6.00. The minimum atomic E-state index is -0.594. The summed E-state index contributed by atoms with van der Waals surface area (Å²) >= 11 is 0. The number of rotatable bonds is 5. The first-order valence-electron chi connectivity index (χ1n) is 9.90. The molecule has 0 fully saturated rings. The maximum atomic E-state index is 12.8. The van der Waals surface area contributed by atoms with Gasteiger partial charge in [-0.3, -0.25) is 9.69 Å². The molecule has 2 aliphatic rings. The summed E-state index contributed by atoms with van der Waals surface area (Å²) in [6, 6.07) is 14.1. The van der Waals surface area contributed by atoms with E-state index >= 15 is 0 Å². The zero-order valence-electron chi connectivity index (χ0n) is 16.9. The molecule has 7 nitrogen and oxygen atoms in total. The zero-order valence-corrected chi connectivity index (χ0v) is 16.9. The molecule has 154 valence electrons. The molecule has 1 atom stereocenters. The van der Waals surface area contributed by atoms with E-state index in [0.29, 0.717) is 17.0 Å². The fraction of sp³-hybridized carbons (Fsp3) is 0.261. The third kappa shape index (κ3) is 3.78. The van der Waals surface area contributed by atoms with E-state index in [4.69, 9.17) is 4.74 Å². The van der Waals surface area contributed by atoms with Crippen LogP contribution in [0.1, 0.15) is 29.7 Å². The molecule has 2 heterocycles. The molecule has 2 aromatic rings. The molecule has 0 aliphatic carbocycles. The van der Waals surface area contributed by atoms with Gasteiger partial charge in [0.2, 0.25) is 5.91 Å². The Morgan fingerprint density at radius 1 is 1.20 bits per heavy atom. The van der Waals surface area contributed by atoms with Crippen molar-refractivity contribution in [3.05, 3.63) is 76.5 Å². The van der Waals surface area contributed by atoms with Crippen molar-refractivity contribution in [3.63, 3.8) is 0 Å². The molecule has 4 rings (SSSR count). The van der Waals surface area contributed by atoms with E-state index in [1.165, 1.54) is 4.90 Å². The minimum absolute atomic E-state index is 0.0253. The van der Waals surface area contributed by atoms with Crippen molar-refractivity contribution in [3.8, 4) is 0 Å². The van der Waals surface area contributed by atoms with Crippen LogP contribution in [0.3, 0.4) is 0 Å². The Kier molecular flexibility index (Phi) is 5.27. The van der Waals surface area contributed by atoms with Crippen molar-refractivity contribution in [2.24, 2.45) is 0 Å². The van der Waals surface area contributed by atoms with Crippen LogP contribution in [-0.4, -0.2) is 36.0 Å². The first kappa shape index (κ1) is 19.7. The quantitative estimate of drug-likeness (QED) is 0.749. The third-order valence-electron chi connectivity index (χ3n) is 5.33. The van der Waals surface area contributed by atoms with Gasteiger partial charge in [0.05, 0.1) is 17.3 Å². The zero-order chi connectivity index (χ0) is 21.3. The van der Waals surface area contributed by atoms with Gasteiger partial charge in [-0.25, -0.2) is 9.59 Å². The first-order chi connectivity index (χ1) is 14.5. The number of ether oxygens (including phenoxy) is 1. The van der Waals surface area contributed by atoms with E-state index in [1.807, 2.05) is 56.3 Å². The monoisotopic (exact) mass is 405 g/mol. The summed E-state index contributed by atoms with van der Waals surface area (Å²) in [7, 11) is 0. The van der Waals surface area contributed by atoms with E-state index < -0.39 is 18.0 Å². The highest BCUT2D eigenvalue weighted by Crippen LogP contribution is 2.35.